The van der Waals surface area contributed by atoms with Gasteiger partial charge in [0.15, 0.2) is 6.29 Å². The Bertz CT molecular complexity index is 282. The van der Waals surface area contributed by atoms with Gasteiger partial charge in [-0.1, -0.05) is 0 Å². The molecule has 19 heavy (non-hydrogen) atoms. The molecule has 0 saturated carbocycles. The molecule has 0 N–H and O–H groups in total. The van der Waals surface area contributed by atoms with Gasteiger partial charge in [-0.05, 0) is 0 Å². The molecule has 0 amide bonds. The van der Waals surface area contributed by atoms with Gasteiger partial charge >= 0.3 is 0 Å². The highest BCUT2D eigenvalue weighted by molar-refractivity contribution is 8.04. The average Bonchev–Trinajstić information content (AvgIpc) is 2.46. The van der Waals surface area contributed by atoms with Crippen molar-refractivity contribution in [3.05, 3.63) is 0 Å². The minimum atomic E-state index is -0.102. The molecule has 0 aromatic carbocycles. The van der Waals surface area contributed by atoms with Gasteiger partial charge in [-0.25, -0.2) is 0 Å². The molecule has 0 aromatic rings. The van der Waals surface area contributed by atoms with E-state index >= 15 is 0 Å². The number of thioether (sulfide) groups is 3. The van der Waals surface area contributed by atoms with Crippen LogP contribution in [0.15, 0.2) is 0 Å². The van der Waals surface area contributed by atoms with Crippen LogP contribution in [0, 0.1) is 0 Å². The van der Waals surface area contributed by atoms with E-state index in [9.17, 15) is 0 Å². The minimum absolute atomic E-state index is 0.0361. The molecule has 110 valence electrons. The van der Waals surface area contributed by atoms with Gasteiger partial charge in [0.05, 0.1) is 12.7 Å². The van der Waals surface area contributed by atoms with E-state index in [1.165, 1.54) is 23.0 Å². The average molecular weight is 324 g/mol. The van der Waals surface area contributed by atoms with E-state index in [-0.39, 0.29) is 24.6 Å². The van der Waals surface area contributed by atoms with Crippen LogP contribution in [-0.2, 0) is 18.9 Å². The van der Waals surface area contributed by atoms with Gasteiger partial charge in [0, 0.05) is 34.5 Å². The van der Waals surface area contributed by atoms with Crippen molar-refractivity contribution in [3.8, 4) is 0 Å². The number of fused-ring (bicyclic) bond motifs is 1. The van der Waals surface area contributed by atoms with Gasteiger partial charge in [-0.15, -0.1) is 0 Å². The molecule has 3 aliphatic rings. The van der Waals surface area contributed by atoms with E-state index in [4.69, 9.17) is 18.9 Å². The molecule has 4 nitrogen and oxygen atoms in total. The van der Waals surface area contributed by atoms with Gasteiger partial charge in [0.2, 0.25) is 0 Å². The van der Waals surface area contributed by atoms with Crippen LogP contribution in [0.5, 0.6) is 0 Å². The molecule has 3 fully saturated rings. The van der Waals surface area contributed by atoms with Crippen molar-refractivity contribution in [3.63, 3.8) is 0 Å². The Morgan fingerprint density at radius 3 is 2.37 bits per heavy atom. The molecule has 4 atom stereocenters. The summed E-state index contributed by atoms with van der Waals surface area (Å²) in [6, 6.07) is 0. The summed E-state index contributed by atoms with van der Waals surface area (Å²) in [6.45, 7) is 1.00. The summed E-state index contributed by atoms with van der Waals surface area (Å²) < 4.78 is 23.1. The van der Waals surface area contributed by atoms with E-state index in [0.717, 1.165) is 11.5 Å². The van der Waals surface area contributed by atoms with Crippen molar-refractivity contribution in [1.82, 2.24) is 0 Å². The van der Waals surface area contributed by atoms with Crippen molar-refractivity contribution in [2.24, 2.45) is 0 Å². The standard InChI is InChI=1S/C12H20O4S3/c1-3-18-6-10-12-9(14-8-15-10)5-13-11(16-12)7-19-4-2-17-1/h9-12H,1-8H2/t9-,10?,11?,12+/m0/s1. The van der Waals surface area contributed by atoms with E-state index in [2.05, 4.69) is 0 Å². The number of hydrogen-bond acceptors (Lipinski definition) is 7. The zero-order chi connectivity index (χ0) is 12.9. The molecular weight excluding hydrogens is 304 g/mol. The van der Waals surface area contributed by atoms with Crippen LogP contribution in [0.4, 0.5) is 0 Å². The molecule has 0 spiro atoms. The summed E-state index contributed by atoms with van der Waals surface area (Å²) >= 11 is 5.90. The fourth-order valence-corrected chi connectivity index (χ4v) is 5.63. The Balaban J connectivity index is 1.62. The maximum Gasteiger partial charge on any atom is 0.167 e. The second-order valence-electron chi connectivity index (χ2n) is 4.65. The molecule has 3 rings (SSSR count). The lowest BCUT2D eigenvalue weighted by Crippen LogP contribution is -2.56. The predicted molar refractivity (Wildman–Crippen MR) is 81.2 cm³/mol. The van der Waals surface area contributed by atoms with Gasteiger partial charge in [0.1, 0.15) is 19.0 Å². The van der Waals surface area contributed by atoms with E-state index in [0.29, 0.717) is 13.4 Å². The Hall–Kier alpha value is 0.890. The molecule has 2 bridgehead atoms. The Kier molecular flexibility index (Phi) is 6.06. The highest BCUT2D eigenvalue weighted by Crippen LogP contribution is 2.28. The van der Waals surface area contributed by atoms with Crippen LogP contribution in [0.3, 0.4) is 0 Å². The predicted octanol–water partition coefficient (Wildman–Crippen LogP) is 1.68. The molecule has 3 heterocycles. The minimum Gasteiger partial charge on any atom is -0.349 e. The van der Waals surface area contributed by atoms with Crippen LogP contribution in [0.1, 0.15) is 0 Å². The first kappa shape index (κ1) is 14.8. The zero-order valence-electron chi connectivity index (χ0n) is 10.8. The molecule has 2 unspecified atom stereocenters. The van der Waals surface area contributed by atoms with Gasteiger partial charge in [-0.2, -0.15) is 35.3 Å². The van der Waals surface area contributed by atoms with Crippen molar-refractivity contribution in [1.29, 1.82) is 0 Å². The number of hydrogen-bond donors (Lipinski definition) is 0. The SMILES string of the molecule is C1OC2CSCCSCCSCC3OC[C@H](O1)[C@H]2O3. The lowest BCUT2D eigenvalue weighted by molar-refractivity contribution is -0.321. The smallest absolute Gasteiger partial charge is 0.167 e. The Morgan fingerprint density at radius 2 is 1.47 bits per heavy atom. The van der Waals surface area contributed by atoms with Crippen LogP contribution in [0.2, 0.25) is 0 Å². The lowest BCUT2D eigenvalue weighted by atomic mass is 10.1. The first-order valence-corrected chi connectivity index (χ1v) is 10.1. The highest BCUT2D eigenvalue weighted by Gasteiger charge is 2.41. The fourth-order valence-electron chi connectivity index (χ4n) is 2.33. The Morgan fingerprint density at radius 1 is 0.737 bits per heavy atom. The van der Waals surface area contributed by atoms with E-state index < -0.39 is 0 Å². The molecule has 0 aromatic heterocycles. The highest BCUT2D eigenvalue weighted by atomic mass is 32.2. The quantitative estimate of drug-likeness (QED) is 0.671. The van der Waals surface area contributed by atoms with E-state index in [1.54, 1.807) is 0 Å². The lowest BCUT2D eigenvalue weighted by Gasteiger charge is -2.43. The van der Waals surface area contributed by atoms with Gasteiger partial charge in [-0.3, -0.25) is 0 Å². The van der Waals surface area contributed by atoms with E-state index in [1.807, 2.05) is 35.3 Å². The molecular formula is C12H20O4S3. The number of ether oxygens (including phenoxy) is 4. The molecule has 0 radical (unpaired) electrons. The van der Waals surface area contributed by atoms with Crippen molar-refractivity contribution < 1.29 is 18.9 Å². The second-order valence-corrected chi connectivity index (χ2v) is 8.18. The summed E-state index contributed by atoms with van der Waals surface area (Å²) in [6.07, 6.45) is 0.120. The summed E-state index contributed by atoms with van der Waals surface area (Å²) in [5.41, 5.74) is 0. The van der Waals surface area contributed by atoms with Crippen molar-refractivity contribution >= 4 is 35.3 Å². The summed E-state index contributed by atoms with van der Waals surface area (Å²) in [7, 11) is 0. The second kappa shape index (κ2) is 7.77. The molecule has 0 aliphatic carbocycles. The monoisotopic (exact) mass is 324 g/mol. The first-order valence-electron chi connectivity index (χ1n) is 6.67. The first-order chi connectivity index (χ1) is 9.43. The summed E-state index contributed by atoms with van der Waals surface area (Å²) in [5, 5.41) is 0. The third-order valence-corrected chi connectivity index (χ3v) is 6.89. The molecule has 3 saturated heterocycles. The largest absolute Gasteiger partial charge is 0.349 e. The van der Waals surface area contributed by atoms with Gasteiger partial charge < -0.3 is 18.9 Å². The fraction of sp³-hybridized carbons (Fsp3) is 1.00. The van der Waals surface area contributed by atoms with Gasteiger partial charge in [0.25, 0.3) is 0 Å². The van der Waals surface area contributed by atoms with Crippen molar-refractivity contribution in [2.45, 2.75) is 24.6 Å². The number of rotatable bonds is 0. The zero-order valence-corrected chi connectivity index (χ0v) is 13.3. The van der Waals surface area contributed by atoms with Crippen LogP contribution in [-0.4, -0.2) is 72.5 Å². The normalized spacial score (nSPS) is 41.7. The molecule has 7 heteroatoms. The van der Waals surface area contributed by atoms with Crippen LogP contribution in [0.25, 0.3) is 0 Å². The molecule has 3 aliphatic heterocycles. The van der Waals surface area contributed by atoms with Crippen LogP contribution >= 0.6 is 35.3 Å². The maximum absolute atomic E-state index is 6.05. The summed E-state index contributed by atoms with van der Waals surface area (Å²) in [4.78, 5) is 0. The topological polar surface area (TPSA) is 36.9 Å². The third kappa shape index (κ3) is 4.18. The van der Waals surface area contributed by atoms with Crippen molar-refractivity contribution in [2.75, 3.05) is 47.9 Å². The summed E-state index contributed by atoms with van der Waals surface area (Å²) in [5.74, 6) is 6.70. The Labute approximate surface area is 127 Å². The third-order valence-electron chi connectivity index (χ3n) is 3.33. The van der Waals surface area contributed by atoms with Crippen LogP contribution < -0.4 is 0 Å². The maximum atomic E-state index is 6.05.